The predicted octanol–water partition coefficient (Wildman–Crippen LogP) is 2.47. The van der Waals surface area contributed by atoms with E-state index < -0.39 is 0 Å². The molecule has 0 aliphatic rings. The number of rotatable bonds is 1. The summed E-state index contributed by atoms with van der Waals surface area (Å²) in [6.07, 6.45) is 3.27. The summed E-state index contributed by atoms with van der Waals surface area (Å²) >= 11 is 0. The molecule has 2 rings (SSSR count). The van der Waals surface area contributed by atoms with E-state index >= 15 is 0 Å². The van der Waals surface area contributed by atoms with E-state index in [1.165, 1.54) is 6.07 Å². The van der Waals surface area contributed by atoms with Crippen molar-refractivity contribution in [1.29, 1.82) is 0 Å². The molecule has 1 aromatic carbocycles. The van der Waals surface area contributed by atoms with Crippen molar-refractivity contribution in [3.63, 3.8) is 0 Å². The van der Waals surface area contributed by atoms with Gasteiger partial charge in [0.15, 0.2) is 0 Å². The molecule has 70 valence electrons. The lowest BCUT2D eigenvalue weighted by Gasteiger charge is -2.02. The van der Waals surface area contributed by atoms with Gasteiger partial charge in [-0.25, -0.2) is 4.39 Å². The third kappa shape index (κ3) is 1.57. The number of hydrogen-bond acceptors (Lipinski definition) is 2. The van der Waals surface area contributed by atoms with Crippen LogP contribution in [0.2, 0.25) is 0 Å². The van der Waals surface area contributed by atoms with Crippen molar-refractivity contribution in [2.75, 3.05) is 5.73 Å². The first-order valence-electron chi connectivity index (χ1n) is 4.23. The van der Waals surface area contributed by atoms with Crippen LogP contribution in [0.1, 0.15) is 0 Å². The van der Waals surface area contributed by atoms with Crippen molar-refractivity contribution in [2.45, 2.75) is 0 Å². The molecule has 0 aliphatic carbocycles. The Morgan fingerprint density at radius 2 is 2.07 bits per heavy atom. The summed E-state index contributed by atoms with van der Waals surface area (Å²) in [4.78, 5) is 3.93. The molecular weight excluding hydrogens is 179 g/mol. The van der Waals surface area contributed by atoms with Crippen LogP contribution >= 0.6 is 0 Å². The minimum atomic E-state index is -0.321. The molecule has 1 aromatic heterocycles. The van der Waals surface area contributed by atoms with Gasteiger partial charge in [0, 0.05) is 29.2 Å². The zero-order valence-electron chi connectivity index (χ0n) is 7.44. The summed E-state index contributed by atoms with van der Waals surface area (Å²) in [6, 6.07) is 8.21. The van der Waals surface area contributed by atoms with E-state index in [4.69, 9.17) is 5.73 Å². The van der Waals surface area contributed by atoms with Crippen LogP contribution in [0.3, 0.4) is 0 Å². The molecule has 14 heavy (non-hydrogen) atoms. The number of pyridine rings is 1. The minimum Gasteiger partial charge on any atom is -0.399 e. The monoisotopic (exact) mass is 188 g/mol. The number of nitrogens with two attached hydrogens (primary N) is 1. The Balaban J connectivity index is 2.53. The second-order valence-electron chi connectivity index (χ2n) is 2.98. The zero-order chi connectivity index (χ0) is 9.97. The molecule has 0 spiro atoms. The molecule has 0 saturated heterocycles. The molecule has 0 aliphatic heterocycles. The highest BCUT2D eigenvalue weighted by Gasteiger charge is 2.04. The molecule has 0 unspecified atom stereocenters. The lowest BCUT2D eigenvalue weighted by molar-refractivity contribution is 0.632. The SMILES string of the molecule is Nc1ccc(-c2cccnc2)c(F)c1. The first-order chi connectivity index (χ1) is 6.77. The molecule has 2 aromatic rings. The number of nitrogen functional groups attached to an aromatic ring is 1. The smallest absolute Gasteiger partial charge is 0.133 e. The third-order valence-electron chi connectivity index (χ3n) is 1.97. The van der Waals surface area contributed by atoms with Crippen molar-refractivity contribution in [2.24, 2.45) is 0 Å². The van der Waals surface area contributed by atoms with Crippen LogP contribution in [0.4, 0.5) is 10.1 Å². The van der Waals surface area contributed by atoms with Gasteiger partial charge in [-0.2, -0.15) is 0 Å². The van der Waals surface area contributed by atoms with Crippen LogP contribution in [0.5, 0.6) is 0 Å². The van der Waals surface area contributed by atoms with Crippen LogP contribution in [0.25, 0.3) is 11.1 Å². The Morgan fingerprint density at radius 1 is 1.21 bits per heavy atom. The molecule has 3 heteroatoms. The van der Waals surface area contributed by atoms with Gasteiger partial charge >= 0.3 is 0 Å². The van der Waals surface area contributed by atoms with E-state index in [0.717, 1.165) is 5.56 Å². The van der Waals surface area contributed by atoms with Gasteiger partial charge in [0.25, 0.3) is 0 Å². The van der Waals surface area contributed by atoms with E-state index in [1.54, 1.807) is 30.6 Å². The fourth-order valence-electron chi connectivity index (χ4n) is 1.29. The number of aromatic nitrogens is 1. The Bertz CT molecular complexity index is 440. The quantitative estimate of drug-likeness (QED) is 0.698. The number of nitrogens with zero attached hydrogens (tertiary/aromatic N) is 1. The number of halogens is 1. The molecule has 1 heterocycles. The maximum Gasteiger partial charge on any atom is 0.133 e. The van der Waals surface area contributed by atoms with E-state index in [0.29, 0.717) is 11.3 Å². The van der Waals surface area contributed by atoms with Crippen molar-refractivity contribution >= 4 is 5.69 Å². The standard InChI is InChI=1S/C11H9FN2/c12-11-6-9(13)3-4-10(11)8-2-1-5-14-7-8/h1-7H,13H2. The van der Waals surface area contributed by atoms with E-state index in [9.17, 15) is 4.39 Å². The molecule has 0 amide bonds. The predicted molar refractivity (Wildman–Crippen MR) is 54.0 cm³/mol. The van der Waals surface area contributed by atoms with Crippen LogP contribution in [0.15, 0.2) is 42.7 Å². The molecular formula is C11H9FN2. The molecule has 2 N–H and O–H groups in total. The van der Waals surface area contributed by atoms with Gasteiger partial charge in [-0.3, -0.25) is 4.98 Å². The fourth-order valence-corrected chi connectivity index (χ4v) is 1.29. The second-order valence-corrected chi connectivity index (χ2v) is 2.98. The number of benzene rings is 1. The highest BCUT2D eigenvalue weighted by atomic mass is 19.1. The van der Waals surface area contributed by atoms with Gasteiger partial charge in [0.2, 0.25) is 0 Å². The van der Waals surface area contributed by atoms with E-state index in [1.807, 2.05) is 6.07 Å². The van der Waals surface area contributed by atoms with Gasteiger partial charge in [-0.05, 0) is 24.3 Å². The summed E-state index contributed by atoms with van der Waals surface area (Å²) in [6.45, 7) is 0. The Morgan fingerprint density at radius 3 is 2.71 bits per heavy atom. The average Bonchev–Trinajstić information content (AvgIpc) is 2.19. The van der Waals surface area contributed by atoms with Crippen molar-refractivity contribution in [1.82, 2.24) is 4.98 Å². The van der Waals surface area contributed by atoms with Gasteiger partial charge in [0.1, 0.15) is 5.82 Å². The fraction of sp³-hybridized carbons (Fsp3) is 0. The second kappa shape index (κ2) is 3.46. The lowest BCUT2D eigenvalue weighted by Crippen LogP contribution is -1.89. The first kappa shape index (κ1) is 8.69. The summed E-state index contributed by atoms with van der Waals surface area (Å²) in [7, 11) is 0. The lowest BCUT2D eigenvalue weighted by atomic mass is 10.1. The normalized spacial score (nSPS) is 10.1. The molecule has 0 bridgehead atoms. The minimum absolute atomic E-state index is 0.321. The summed E-state index contributed by atoms with van der Waals surface area (Å²) < 4.78 is 13.4. The van der Waals surface area contributed by atoms with Crippen LogP contribution in [-0.4, -0.2) is 4.98 Å². The van der Waals surface area contributed by atoms with E-state index in [2.05, 4.69) is 4.98 Å². The Labute approximate surface area is 81.2 Å². The topological polar surface area (TPSA) is 38.9 Å². The summed E-state index contributed by atoms with van der Waals surface area (Å²) in [5.74, 6) is -0.321. The Kier molecular flexibility index (Phi) is 2.14. The maximum absolute atomic E-state index is 13.4. The van der Waals surface area contributed by atoms with Gasteiger partial charge in [-0.1, -0.05) is 6.07 Å². The summed E-state index contributed by atoms with van der Waals surface area (Å²) in [5.41, 5.74) is 7.15. The van der Waals surface area contributed by atoms with Crippen LogP contribution in [0, 0.1) is 5.82 Å². The summed E-state index contributed by atoms with van der Waals surface area (Å²) in [5, 5.41) is 0. The maximum atomic E-state index is 13.4. The number of hydrogen-bond donors (Lipinski definition) is 1. The highest BCUT2D eigenvalue weighted by molar-refractivity contribution is 5.65. The molecule has 0 saturated carbocycles. The molecule has 0 radical (unpaired) electrons. The van der Waals surface area contributed by atoms with Crippen molar-refractivity contribution in [3.8, 4) is 11.1 Å². The first-order valence-corrected chi connectivity index (χ1v) is 4.23. The van der Waals surface area contributed by atoms with Gasteiger partial charge in [-0.15, -0.1) is 0 Å². The zero-order valence-corrected chi connectivity index (χ0v) is 7.44. The van der Waals surface area contributed by atoms with E-state index in [-0.39, 0.29) is 5.82 Å². The largest absolute Gasteiger partial charge is 0.399 e. The average molecular weight is 188 g/mol. The van der Waals surface area contributed by atoms with Crippen LogP contribution < -0.4 is 5.73 Å². The third-order valence-corrected chi connectivity index (χ3v) is 1.97. The molecule has 2 nitrogen and oxygen atoms in total. The van der Waals surface area contributed by atoms with Gasteiger partial charge < -0.3 is 5.73 Å². The van der Waals surface area contributed by atoms with Crippen molar-refractivity contribution < 1.29 is 4.39 Å². The highest BCUT2D eigenvalue weighted by Crippen LogP contribution is 2.23. The van der Waals surface area contributed by atoms with Crippen LogP contribution in [-0.2, 0) is 0 Å². The molecule has 0 atom stereocenters. The van der Waals surface area contributed by atoms with Crippen molar-refractivity contribution in [3.05, 3.63) is 48.5 Å². The van der Waals surface area contributed by atoms with Gasteiger partial charge in [0.05, 0.1) is 0 Å². The Hall–Kier alpha value is -1.90. The molecule has 0 fully saturated rings. The number of anilines is 1.